The lowest BCUT2D eigenvalue weighted by Crippen LogP contribution is -2.47. The zero-order valence-electron chi connectivity index (χ0n) is 31.3. The van der Waals surface area contributed by atoms with Crippen LogP contribution in [0.1, 0.15) is 83.3 Å². The van der Waals surface area contributed by atoms with Gasteiger partial charge in [0.25, 0.3) is 5.91 Å². The molecule has 1 aliphatic heterocycles. The first-order valence-electron chi connectivity index (χ1n) is 17.8. The second-order valence-electron chi connectivity index (χ2n) is 14.0. The number of para-hydroxylation sites is 1. The highest BCUT2D eigenvalue weighted by molar-refractivity contribution is 7.16. The van der Waals surface area contributed by atoms with Gasteiger partial charge in [-0.15, -0.1) is 11.3 Å². The van der Waals surface area contributed by atoms with Crippen LogP contribution in [-0.4, -0.2) is 99.1 Å². The third kappa shape index (κ3) is 11.7. The second kappa shape index (κ2) is 18.7. The predicted molar refractivity (Wildman–Crippen MR) is 205 cm³/mol. The number of nitrogen functional groups attached to an aromatic ring is 1. The summed E-state index contributed by atoms with van der Waals surface area (Å²) in [7, 11) is 3.74. The van der Waals surface area contributed by atoms with Gasteiger partial charge >= 0.3 is 6.09 Å². The Kier molecular flexibility index (Phi) is 14.5. The molecule has 4 rings (SSSR count). The van der Waals surface area contributed by atoms with Crippen molar-refractivity contribution in [2.45, 2.75) is 65.4 Å². The number of ether oxygens (including phenoxy) is 3. The smallest absolute Gasteiger partial charge is 0.407 e. The topological polar surface area (TPSA) is 144 Å². The van der Waals surface area contributed by atoms with Crippen molar-refractivity contribution in [3.8, 4) is 11.5 Å². The number of alkyl carbamates (subject to hydrolysis) is 1. The number of carbonyl (C=O) groups is 4. The standard InChI is InChI=1S/C39H53N5O7S/c1-27-16-17-30(32(25-27)50-23-11-7-8-15-34(45)44-21-19-42(5)20-22-44)43(6)37(47)33-26-29(40)36(52-33)35(46)28-13-9-10-14-31(28)49-24-12-18-41-38(48)51-39(2,3)4/h9-10,13-14,16-17,25-26H,7-8,11-12,15,18-24,40H2,1-6H3,(H,41,48). The summed E-state index contributed by atoms with van der Waals surface area (Å²) in [5, 5.41) is 2.69. The molecule has 13 heteroatoms. The number of piperazine rings is 1. The van der Waals surface area contributed by atoms with Crippen molar-refractivity contribution < 1.29 is 33.4 Å². The Hall–Kier alpha value is -4.62. The summed E-state index contributed by atoms with van der Waals surface area (Å²) >= 11 is 1.03. The number of thiophene rings is 1. The SMILES string of the molecule is Cc1ccc(N(C)C(=O)c2cc(N)c(C(=O)c3ccccc3OCCCNC(=O)OC(C)(C)C)s2)c(OCCCCCC(=O)N2CCN(C)CC2)c1. The number of amides is 3. The van der Waals surface area contributed by atoms with Crippen LogP contribution in [0.3, 0.4) is 0 Å². The minimum atomic E-state index is -0.587. The van der Waals surface area contributed by atoms with Crippen molar-refractivity contribution in [3.63, 3.8) is 0 Å². The highest BCUT2D eigenvalue weighted by Crippen LogP contribution is 2.34. The van der Waals surface area contributed by atoms with E-state index < -0.39 is 11.7 Å². The fourth-order valence-corrected chi connectivity index (χ4v) is 6.60. The number of hydrogen-bond donors (Lipinski definition) is 2. The van der Waals surface area contributed by atoms with Gasteiger partial charge < -0.3 is 40.0 Å². The van der Waals surface area contributed by atoms with E-state index >= 15 is 0 Å². The van der Waals surface area contributed by atoms with Crippen LogP contribution in [0.5, 0.6) is 11.5 Å². The van der Waals surface area contributed by atoms with Gasteiger partial charge in [0, 0.05) is 46.2 Å². The number of anilines is 2. The number of unbranched alkanes of at least 4 members (excludes halogenated alkanes) is 2. The first kappa shape index (κ1) is 40.2. The van der Waals surface area contributed by atoms with E-state index in [-0.39, 0.29) is 34.8 Å². The van der Waals surface area contributed by atoms with Gasteiger partial charge in [-0.1, -0.05) is 18.2 Å². The lowest BCUT2D eigenvalue weighted by molar-refractivity contribution is -0.132. The van der Waals surface area contributed by atoms with Crippen LogP contribution in [-0.2, 0) is 9.53 Å². The predicted octanol–water partition coefficient (Wildman–Crippen LogP) is 6.15. The summed E-state index contributed by atoms with van der Waals surface area (Å²) < 4.78 is 17.3. The average molecular weight is 736 g/mol. The number of likely N-dealkylation sites (N-methyl/N-ethyl adjacent to an activating group) is 1. The fraction of sp³-hybridized carbons (Fsp3) is 0.487. The number of nitrogens with two attached hydrogens (primary N) is 1. The Labute approximate surface area is 311 Å². The summed E-state index contributed by atoms with van der Waals surface area (Å²) in [6.07, 6.45) is 2.98. The molecule has 1 fully saturated rings. The van der Waals surface area contributed by atoms with Crippen LogP contribution in [0.2, 0.25) is 0 Å². The van der Waals surface area contributed by atoms with E-state index in [0.29, 0.717) is 53.6 Å². The number of nitrogens with one attached hydrogen (secondary N) is 1. The van der Waals surface area contributed by atoms with Crippen molar-refractivity contribution in [1.82, 2.24) is 15.1 Å². The Bertz CT molecular complexity index is 1690. The van der Waals surface area contributed by atoms with E-state index in [1.807, 2.05) is 30.0 Å². The summed E-state index contributed by atoms with van der Waals surface area (Å²) in [5.74, 6) is 0.502. The molecule has 1 aromatic heterocycles. The summed E-state index contributed by atoms with van der Waals surface area (Å²) in [6.45, 7) is 11.8. The molecule has 0 spiro atoms. The summed E-state index contributed by atoms with van der Waals surface area (Å²) in [4.78, 5) is 58.1. The van der Waals surface area contributed by atoms with Gasteiger partial charge in [0.2, 0.25) is 11.7 Å². The molecule has 12 nitrogen and oxygen atoms in total. The van der Waals surface area contributed by atoms with E-state index in [1.54, 1.807) is 52.1 Å². The number of ketones is 1. The maximum atomic E-state index is 13.7. The van der Waals surface area contributed by atoms with E-state index in [9.17, 15) is 19.2 Å². The number of hydrogen-bond acceptors (Lipinski definition) is 10. The largest absolute Gasteiger partial charge is 0.493 e. The normalized spacial score (nSPS) is 13.4. The van der Waals surface area contributed by atoms with Gasteiger partial charge in [-0.3, -0.25) is 14.4 Å². The molecule has 0 radical (unpaired) electrons. The monoisotopic (exact) mass is 735 g/mol. The molecule has 3 amide bonds. The van der Waals surface area contributed by atoms with Crippen molar-refractivity contribution >= 4 is 46.4 Å². The zero-order chi connectivity index (χ0) is 37.8. The van der Waals surface area contributed by atoms with E-state index in [2.05, 4.69) is 17.3 Å². The minimum Gasteiger partial charge on any atom is -0.493 e. The number of rotatable bonds is 16. The first-order valence-corrected chi connectivity index (χ1v) is 18.7. The molecular weight excluding hydrogens is 683 g/mol. The van der Waals surface area contributed by atoms with Crippen LogP contribution in [0.15, 0.2) is 48.5 Å². The van der Waals surface area contributed by atoms with Gasteiger partial charge in [-0.05, 0) is 96.3 Å². The molecule has 3 N–H and O–H groups in total. The lowest BCUT2D eigenvalue weighted by atomic mass is 10.1. The highest BCUT2D eigenvalue weighted by Gasteiger charge is 2.25. The van der Waals surface area contributed by atoms with Crippen LogP contribution >= 0.6 is 11.3 Å². The van der Waals surface area contributed by atoms with Crippen LogP contribution in [0.25, 0.3) is 0 Å². The third-order valence-electron chi connectivity index (χ3n) is 8.49. The van der Waals surface area contributed by atoms with Crippen molar-refractivity contribution in [1.29, 1.82) is 0 Å². The molecule has 0 atom stereocenters. The van der Waals surface area contributed by atoms with Crippen LogP contribution in [0.4, 0.5) is 16.2 Å². The number of carbonyl (C=O) groups excluding carboxylic acids is 4. The van der Waals surface area contributed by atoms with Gasteiger partial charge in [-0.25, -0.2) is 4.79 Å². The van der Waals surface area contributed by atoms with Crippen LogP contribution < -0.4 is 25.4 Å². The number of aryl methyl sites for hydroxylation is 1. The van der Waals surface area contributed by atoms with Crippen molar-refractivity contribution in [3.05, 3.63) is 69.4 Å². The summed E-state index contributed by atoms with van der Waals surface area (Å²) in [5.41, 5.74) is 7.84. The molecular formula is C39H53N5O7S. The van der Waals surface area contributed by atoms with E-state index in [0.717, 1.165) is 62.3 Å². The van der Waals surface area contributed by atoms with E-state index in [1.165, 1.54) is 11.0 Å². The maximum absolute atomic E-state index is 13.7. The molecule has 0 unspecified atom stereocenters. The Morgan fingerprint density at radius 2 is 1.60 bits per heavy atom. The molecule has 3 aromatic rings. The van der Waals surface area contributed by atoms with Gasteiger partial charge in [0.15, 0.2) is 0 Å². The minimum absolute atomic E-state index is 0.203. The van der Waals surface area contributed by atoms with Gasteiger partial charge in [0.05, 0.1) is 39.9 Å². The van der Waals surface area contributed by atoms with Crippen LogP contribution in [0, 0.1) is 6.92 Å². The number of benzene rings is 2. The molecule has 282 valence electrons. The highest BCUT2D eigenvalue weighted by atomic mass is 32.1. The summed E-state index contributed by atoms with van der Waals surface area (Å²) in [6, 6.07) is 14.1. The molecule has 0 aliphatic carbocycles. The molecule has 2 heterocycles. The molecule has 2 aromatic carbocycles. The quantitative estimate of drug-likeness (QED) is 0.131. The zero-order valence-corrected chi connectivity index (χ0v) is 32.1. The van der Waals surface area contributed by atoms with Gasteiger partial charge in [0.1, 0.15) is 17.1 Å². The maximum Gasteiger partial charge on any atom is 0.407 e. The Morgan fingerprint density at radius 1 is 0.904 bits per heavy atom. The average Bonchev–Trinajstić information content (AvgIpc) is 3.49. The Balaban J connectivity index is 1.32. The second-order valence-corrected chi connectivity index (χ2v) is 15.1. The number of nitrogens with zero attached hydrogens (tertiary/aromatic N) is 3. The molecule has 1 saturated heterocycles. The molecule has 0 saturated carbocycles. The lowest BCUT2D eigenvalue weighted by Gasteiger charge is -2.32. The third-order valence-corrected chi connectivity index (χ3v) is 9.62. The van der Waals surface area contributed by atoms with E-state index in [4.69, 9.17) is 19.9 Å². The Morgan fingerprint density at radius 3 is 2.33 bits per heavy atom. The first-order chi connectivity index (χ1) is 24.7. The molecule has 1 aliphatic rings. The molecule has 52 heavy (non-hydrogen) atoms. The fourth-order valence-electron chi connectivity index (χ4n) is 5.59. The van der Waals surface area contributed by atoms with Crippen molar-refractivity contribution in [2.75, 3.05) is 70.7 Å². The molecule has 0 bridgehead atoms. The van der Waals surface area contributed by atoms with Gasteiger partial charge in [-0.2, -0.15) is 0 Å². The van der Waals surface area contributed by atoms with Crippen molar-refractivity contribution in [2.24, 2.45) is 0 Å².